The van der Waals surface area contributed by atoms with Gasteiger partial charge in [-0.25, -0.2) is 0 Å². The minimum absolute atomic E-state index is 0.0187. The number of aromatic nitrogens is 2. The predicted molar refractivity (Wildman–Crippen MR) is 83.0 cm³/mol. The van der Waals surface area contributed by atoms with Gasteiger partial charge in [-0.15, -0.1) is 0 Å². The molecule has 1 N–H and O–H groups in total. The third-order valence-corrected chi connectivity index (χ3v) is 3.53. The molecular weight excluding hydrogens is 266 g/mol. The summed E-state index contributed by atoms with van der Waals surface area (Å²) in [6, 6.07) is 5.82. The Labute approximate surface area is 125 Å². The molecule has 0 saturated carbocycles. The zero-order chi connectivity index (χ0) is 15.4. The van der Waals surface area contributed by atoms with E-state index in [0.29, 0.717) is 0 Å². The van der Waals surface area contributed by atoms with E-state index in [1.54, 1.807) is 14.2 Å². The number of methoxy groups -OCH3 is 2. The van der Waals surface area contributed by atoms with Gasteiger partial charge in [-0.3, -0.25) is 4.68 Å². The van der Waals surface area contributed by atoms with E-state index < -0.39 is 0 Å². The van der Waals surface area contributed by atoms with Crippen LogP contribution in [0.3, 0.4) is 0 Å². The minimum atomic E-state index is -0.0187. The molecule has 1 unspecified atom stereocenters. The number of aryl methyl sites for hydroxylation is 2. The number of hydrogen-bond donors (Lipinski definition) is 1. The van der Waals surface area contributed by atoms with Gasteiger partial charge in [-0.1, -0.05) is 13.0 Å². The summed E-state index contributed by atoms with van der Waals surface area (Å²) in [5.41, 5.74) is 3.12. The molecule has 0 radical (unpaired) electrons. The molecule has 0 aliphatic carbocycles. The molecule has 2 rings (SSSR count). The van der Waals surface area contributed by atoms with Crippen molar-refractivity contribution >= 4 is 0 Å². The summed E-state index contributed by atoms with van der Waals surface area (Å²) in [6.45, 7) is 4.93. The maximum atomic E-state index is 5.54. The fourth-order valence-corrected chi connectivity index (χ4v) is 2.64. The fraction of sp³-hybridized carbons (Fsp3) is 0.438. The van der Waals surface area contributed by atoms with Gasteiger partial charge in [-0.05, 0) is 25.6 Å². The van der Waals surface area contributed by atoms with Crippen LogP contribution in [0.15, 0.2) is 24.4 Å². The minimum Gasteiger partial charge on any atom is -0.496 e. The van der Waals surface area contributed by atoms with Gasteiger partial charge in [0.1, 0.15) is 11.5 Å². The van der Waals surface area contributed by atoms with Crippen LogP contribution in [0.1, 0.15) is 29.8 Å². The first-order valence-electron chi connectivity index (χ1n) is 7.06. The highest BCUT2D eigenvalue weighted by atomic mass is 16.5. The van der Waals surface area contributed by atoms with Crippen molar-refractivity contribution in [1.82, 2.24) is 15.1 Å². The Hall–Kier alpha value is -2.01. The summed E-state index contributed by atoms with van der Waals surface area (Å²) < 4.78 is 12.9. The molecule has 0 amide bonds. The number of nitrogens with zero attached hydrogens (tertiary/aromatic N) is 2. The van der Waals surface area contributed by atoms with Gasteiger partial charge in [0.25, 0.3) is 0 Å². The third-order valence-electron chi connectivity index (χ3n) is 3.53. The first kappa shape index (κ1) is 15.4. The summed E-state index contributed by atoms with van der Waals surface area (Å²) in [5, 5.41) is 7.95. The molecule has 21 heavy (non-hydrogen) atoms. The van der Waals surface area contributed by atoms with E-state index in [4.69, 9.17) is 9.47 Å². The zero-order valence-corrected chi connectivity index (χ0v) is 13.3. The van der Waals surface area contributed by atoms with Crippen molar-refractivity contribution in [1.29, 1.82) is 0 Å². The highest BCUT2D eigenvalue weighted by Crippen LogP contribution is 2.38. The maximum Gasteiger partial charge on any atom is 0.127 e. The topological polar surface area (TPSA) is 48.3 Å². The largest absolute Gasteiger partial charge is 0.496 e. The van der Waals surface area contributed by atoms with E-state index in [-0.39, 0.29) is 6.04 Å². The van der Waals surface area contributed by atoms with Crippen molar-refractivity contribution < 1.29 is 9.47 Å². The Kier molecular flexibility index (Phi) is 4.85. The van der Waals surface area contributed by atoms with E-state index in [9.17, 15) is 0 Å². The molecule has 114 valence electrons. The number of hydrogen-bond acceptors (Lipinski definition) is 4. The molecule has 1 atom stereocenters. The molecule has 0 aliphatic heterocycles. The smallest absolute Gasteiger partial charge is 0.127 e. The average Bonchev–Trinajstić information content (AvgIpc) is 2.82. The molecule has 2 aromatic rings. The van der Waals surface area contributed by atoms with Gasteiger partial charge in [0.2, 0.25) is 0 Å². The van der Waals surface area contributed by atoms with E-state index in [1.807, 2.05) is 43.0 Å². The van der Waals surface area contributed by atoms with Gasteiger partial charge in [0.05, 0.1) is 31.5 Å². The van der Waals surface area contributed by atoms with Gasteiger partial charge < -0.3 is 14.8 Å². The van der Waals surface area contributed by atoms with Crippen LogP contribution in [0.4, 0.5) is 0 Å². The van der Waals surface area contributed by atoms with Crippen molar-refractivity contribution in [3.63, 3.8) is 0 Å². The van der Waals surface area contributed by atoms with Crippen molar-refractivity contribution in [2.45, 2.75) is 19.9 Å². The first-order chi connectivity index (χ1) is 10.1. The standard InChI is InChI=1S/C16H23N3O2/c1-6-17-16(12-10-19(3)18-11(12)2)15-13(20-4)8-7-9-14(15)21-5/h7-10,16-17H,6H2,1-5H3. The summed E-state index contributed by atoms with van der Waals surface area (Å²) in [6.07, 6.45) is 2.04. The molecule has 0 bridgehead atoms. The van der Waals surface area contributed by atoms with Crippen LogP contribution in [-0.4, -0.2) is 30.5 Å². The monoisotopic (exact) mass is 289 g/mol. The molecule has 0 spiro atoms. The quantitative estimate of drug-likeness (QED) is 0.887. The molecule has 1 heterocycles. The molecule has 0 aliphatic rings. The van der Waals surface area contributed by atoms with E-state index in [1.165, 1.54) is 0 Å². The van der Waals surface area contributed by atoms with E-state index in [2.05, 4.69) is 17.3 Å². The first-order valence-corrected chi connectivity index (χ1v) is 7.06. The Bertz CT molecular complexity index is 585. The molecule has 1 aromatic heterocycles. The van der Waals surface area contributed by atoms with Crippen LogP contribution < -0.4 is 14.8 Å². The number of benzene rings is 1. The Morgan fingerprint density at radius 2 is 1.86 bits per heavy atom. The SMILES string of the molecule is CCNC(c1cn(C)nc1C)c1c(OC)cccc1OC. The lowest BCUT2D eigenvalue weighted by Gasteiger charge is -2.22. The van der Waals surface area contributed by atoms with Gasteiger partial charge in [-0.2, -0.15) is 5.10 Å². The van der Waals surface area contributed by atoms with Gasteiger partial charge >= 0.3 is 0 Å². The second kappa shape index (κ2) is 6.63. The van der Waals surface area contributed by atoms with Crippen LogP contribution >= 0.6 is 0 Å². The van der Waals surface area contributed by atoms with E-state index >= 15 is 0 Å². The lowest BCUT2D eigenvalue weighted by Crippen LogP contribution is -2.23. The Morgan fingerprint density at radius 1 is 1.24 bits per heavy atom. The molecule has 0 fully saturated rings. The molecule has 0 saturated heterocycles. The zero-order valence-electron chi connectivity index (χ0n) is 13.3. The fourth-order valence-electron chi connectivity index (χ4n) is 2.64. The lowest BCUT2D eigenvalue weighted by molar-refractivity contribution is 0.377. The Morgan fingerprint density at radius 3 is 2.29 bits per heavy atom. The van der Waals surface area contributed by atoms with Crippen molar-refractivity contribution in [3.05, 3.63) is 41.2 Å². The molecule has 5 heteroatoms. The lowest BCUT2D eigenvalue weighted by atomic mass is 9.97. The van der Waals surface area contributed by atoms with Crippen LogP contribution in [0, 0.1) is 6.92 Å². The molecular formula is C16H23N3O2. The van der Waals surface area contributed by atoms with E-state index in [0.717, 1.165) is 34.9 Å². The summed E-state index contributed by atoms with van der Waals surface area (Å²) in [4.78, 5) is 0. The number of ether oxygens (including phenoxy) is 2. The van der Waals surface area contributed by atoms with Crippen molar-refractivity contribution in [2.75, 3.05) is 20.8 Å². The van der Waals surface area contributed by atoms with Gasteiger partial charge in [0, 0.05) is 18.8 Å². The normalized spacial score (nSPS) is 12.2. The predicted octanol–water partition coefficient (Wildman–Crippen LogP) is 2.44. The average molecular weight is 289 g/mol. The molecule has 5 nitrogen and oxygen atoms in total. The summed E-state index contributed by atoms with van der Waals surface area (Å²) >= 11 is 0. The maximum absolute atomic E-state index is 5.54. The number of nitrogens with one attached hydrogen (secondary N) is 1. The van der Waals surface area contributed by atoms with Crippen LogP contribution in [-0.2, 0) is 7.05 Å². The summed E-state index contributed by atoms with van der Waals surface area (Å²) in [7, 11) is 5.29. The van der Waals surface area contributed by atoms with Crippen molar-refractivity contribution in [2.24, 2.45) is 7.05 Å². The number of rotatable bonds is 6. The molecule has 1 aromatic carbocycles. The highest BCUT2D eigenvalue weighted by molar-refractivity contribution is 5.51. The second-order valence-electron chi connectivity index (χ2n) is 4.91. The van der Waals surface area contributed by atoms with Crippen LogP contribution in [0.25, 0.3) is 0 Å². The second-order valence-corrected chi connectivity index (χ2v) is 4.91. The van der Waals surface area contributed by atoms with Crippen LogP contribution in [0.5, 0.6) is 11.5 Å². The highest BCUT2D eigenvalue weighted by Gasteiger charge is 2.24. The summed E-state index contributed by atoms with van der Waals surface area (Å²) in [5.74, 6) is 1.62. The van der Waals surface area contributed by atoms with Crippen LogP contribution in [0.2, 0.25) is 0 Å². The Balaban J connectivity index is 2.60. The van der Waals surface area contributed by atoms with Crippen molar-refractivity contribution in [3.8, 4) is 11.5 Å². The van der Waals surface area contributed by atoms with Gasteiger partial charge in [0.15, 0.2) is 0 Å². The third kappa shape index (κ3) is 3.03.